The van der Waals surface area contributed by atoms with Crippen LogP contribution in [-0.4, -0.2) is 22.6 Å². The van der Waals surface area contributed by atoms with Gasteiger partial charge in [-0.25, -0.2) is 4.98 Å². The normalized spacial score (nSPS) is 17.0. The largest absolute Gasteiger partial charge is 0.352 e. The highest BCUT2D eigenvalue weighted by Crippen LogP contribution is 2.33. The van der Waals surface area contributed by atoms with Crippen molar-refractivity contribution < 1.29 is 0 Å². The average molecular weight is 360 g/mol. The van der Waals surface area contributed by atoms with E-state index in [-0.39, 0.29) is 5.56 Å². The van der Waals surface area contributed by atoms with E-state index >= 15 is 0 Å². The summed E-state index contributed by atoms with van der Waals surface area (Å²) in [6.07, 6.45) is 4.43. The summed E-state index contributed by atoms with van der Waals surface area (Å²) in [7, 11) is 0. The molecule has 5 heteroatoms. The minimum Gasteiger partial charge on any atom is -0.352 e. The third kappa shape index (κ3) is 2.19. The number of piperidine rings is 1. The van der Waals surface area contributed by atoms with Crippen molar-refractivity contribution >= 4 is 21.7 Å². The first-order valence-corrected chi connectivity index (χ1v) is 8.68. The molecule has 0 N–H and O–H groups in total. The zero-order valence-corrected chi connectivity index (χ0v) is 14.0. The molecule has 4 rings (SSSR count). The van der Waals surface area contributed by atoms with Crippen molar-refractivity contribution in [3.8, 4) is 11.3 Å². The third-order valence-corrected chi connectivity index (χ3v) is 5.19. The van der Waals surface area contributed by atoms with Gasteiger partial charge in [0, 0.05) is 25.2 Å². The van der Waals surface area contributed by atoms with Crippen LogP contribution in [0.1, 0.15) is 24.8 Å². The minimum absolute atomic E-state index is 0.0506. The van der Waals surface area contributed by atoms with Gasteiger partial charge >= 0.3 is 0 Å². The van der Waals surface area contributed by atoms with E-state index in [1.165, 1.54) is 12.0 Å². The predicted octanol–water partition coefficient (Wildman–Crippen LogP) is 3.22. The molecule has 2 aliphatic rings. The van der Waals surface area contributed by atoms with Crippen molar-refractivity contribution in [2.45, 2.75) is 32.2 Å². The fourth-order valence-electron chi connectivity index (χ4n) is 3.51. The molecule has 1 aromatic heterocycles. The smallest absolute Gasteiger partial charge is 0.294 e. The summed E-state index contributed by atoms with van der Waals surface area (Å²) in [4.78, 5) is 19.7. The molecule has 1 aromatic carbocycles. The Kier molecular flexibility index (Phi) is 3.53. The zero-order valence-electron chi connectivity index (χ0n) is 12.4. The second-order valence-electron chi connectivity index (χ2n) is 5.99. The van der Waals surface area contributed by atoms with Crippen molar-refractivity contribution in [1.82, 2.24) is 9.55 Å². The molecule has 0 unspecified atom stereocenters. The van der Waals surface area contributed by atoms with E-state index in [0.717, 1.165) is 54.8 Å². The van der Waals surface area contributed by atoms with E-state index in [1.54, 1.807) is 0 Å². The van der Waals surface area contributed by atoms with Crippen LogP contribution in [0.5, 0.6) is 0 Å². The summed E-state index contributed by atoms with van der Waals surface area (Å²) in [5.41, 5.74) is 3.38. The van der Waals surface area contributed by atoms with Gasteiger partial charge in [0.15, 0.2) is 5.82 Å². The molecule has 4 nitrogen and oxygen atoms in total. The summed E-state index contributed by atoms with van der Waals surface area (Å²) < 4.78 is 2.67. The van der Waals surface area contributed by atoms with Crippen molar-refractivity contribution in [2.75, 3.05) is 18.0 Å². The first-order chi connectivity index (χ1) is 10.8. The number of hydrogen-bond donors (Lipinski definition) is 0. The third-order valence-electron chi connectivity index (χ3n) is 4.64. The molecule has 0 atom stereocenters. The molecule has 1 fully saturated rings. The second kappa shape index (κ2) is 5.54. The maximum atomic E-state index is 12.9. The number of anilines is 1. The molecule has 0 saturated carbocycles. The van der Waals surface area contributed by atoms with E-state index in [2.05, 4.69) is 44.0 Å². The number of aromatic nitrogens is 2. The number of fused-ring (bicyclic) bond motifs is 3. The Balaban J connectivity index is 1.88. The van der Waals surface area contributed by atoms with E-state index in [4.69, 9.17) is 0 Å². The molecule has 1 saturated heterocycles. The quantitative estimate of drug-likeness (QED) is 0.784. The Morgan fingerprint density at radius 2 is 1.82 bits per heavy atom. The molecular weight excluding hydrogens is 342 g/mol. The maximum Gasteiger partial charge on any atom is 0.294 e. The monoisotopic (exact) mass is 359 g/mol. The number of halogens is 1. The summed E-state index contributed by atoms with van der Waals surface area (Å²) in [6.45, 7) is 2.60. The molecule has 2 aliphatic heterocycles. The highest BCUT2D eigenvalue weighted by atomic mass is 79.9. The Labute approximate surface area is 137 Å². The van der Waals surface area contributed by atoms with Gasteiger partial charge in [0.05, 0.1) is 5.69 Å². The van der Waals surface area contributed by atoms with Crippen molar-refractivity contribution in [2.24, 2.45) is 0 Å². The standard InChI is InChI=1S/C17H18BrN3O/c18-15-14-13-7-3-2-6-12(13)8-11-21(14)17(22)16(19-15)20-9-4-1-5-10-20/h2-3,6-7H,1,4-5,8-11H2. The van der Waals surface area contributed by atoms with Crippen LogP contribution < -0.4 is 10.5 Å². The molecule has 2 aromatic rings. The van der Waals surface area contributed by atoms with Crippen LogP contribution in [-0.2, 0) is 13.0 Å². The Morgan fingerprint density at radius 1 is 1.05 bits per heavy atom. The maximum absolute atomic E-state index is 12.9. The molecule has 0 spiro atoms. The van der Waals surface area contributed by atoms with Gasteiger partial charge in [0.2, 0.25) is 0 Å². The number of benzene rings is 1. The lowest BCUT2D eigenvalue weighted by Crippen LogP contribution is -2.38. The van der Waals surface area contributed by atoms with Crippen molar-refractivity contribution in [3.05, 3.63) is 44.8 Å². The van der Waals surface area contributed by atoms with Crippen LogP contribution in [0, 0.1) is 0 Å². The topological polar surface area (TPSA) is 38.1 Å². The van der Waals surface area contributed by atoms with Crippen LogP contribution in [0.25, 0.3) is 11.3 Å². The van der Waals surface area contributed by atoms with Crippen molar-refractivity contribution in [1.29, 1.82) is 0 Å². The van der Waals surface area contributed by atoms with Gasteiger partial charge in [-0.15, -0.1) is 0 Å². The summed E-state index contributed by atoms with van der Waals surface area (Å²) in [5.74, 6) is 0.606. The van der Waals surface area contributed by atoms with Gasteiger partial charge in [-0.1, -0.05) is 24.3 Å². The van der Waals surface area contributed by atoms with Gasteiger partial charge in [-0.2, -0.15) is 0 Å². The lowest BCUT2D eigenvalue weighted by Gasteiger charge is -2.29. The molecule has 114 valence electrons. The van der Waals surface area contributed by atoms with Crippen LogP contribution in [0.3, 0.4) is 0 Å². The summed E-state index contributed by atoms with van der Waals surface area (Å²) >= 11 is 3.61. The zero-order chi connectivity index (χ0) is 15.1. The van der Waals surface area contributed by atoms with E-state index in [1.807, 2.05) is 10.6 Å². The lowest BCUT2D eigenvalue weighted by molar-refractivity contribution is 0.563. The van der Waals surface area contributed by atoms with Crippen LogP contribution in [0.2, 0.25) is 0 Å². The summed E-state index contributed by atoms with van der Waals surface area (Å²) in [5, 5.41) is 0. The van der Waals surface area contributed by atoms with E-state index in [9.17, 15) is 4.79 Å². The fraction of sp³-hybridized carbons (Fsp3) is 0.412. The number of rotatable bonds is 1. The minimum atomic E-state index is 0.0506. The highest BCUT2D eigenvalue weighted by molar-refractivity contribution is 9.10. The first-order valence-electron chi connectivity index (χ1n) is 7.89. The SMILES string of the molecule is O=c1c(N2CCCCC2)nc(Br)c2n1CCc1ccccc1-2. The van der Waals surface area contributed by atoms with Gasteiger partial charge in [0.25, 0.3) is 5.56 Å². The summed E-state index contributed by atoms with van der Waals surface area (Å²) in [6, 6.07) is 8.28. The average Bonchev–Trinajstić information content (AvgIpc) is 2.58. The fourth-order valence-corrected chi connectivity index (χ4v) is 4.11. The van der Waals surface area contributed by atoms with Crippen LogP contribution >= 0.6 is 15.9 Å². The molecule has 0 amide bonds. The molecule has 0 bridgehead atoms. The van der Waals surface area contributed by atoms with Crippen LogP contribution in [0.4, 0.5) is 5.82 Å². The predicted molar refractivity (Wildman–Crippen MR) is 91.4 cm³/mol. The lowest BCUT2D eigenvalue weighted by atomic mass is 9.98. The Morgan fingerprint density at radius 3 is 2.64 bits per heavy atom. The van der Waals surface area contributed by atoms with E-state index in [0.29, 0.717) is 5.82 Å². The number of aryl methyl sites for hydroxylation is 1. The molecule has 0 aliphatic carbocycles. The van der Waals surface area contributed by atoms with Crippen molar-refractivity contribution in [3.63, 3.8) is 0 Å². The van der Waals surface area contributed by atoms with Gasteiger partial charge in [-0.3, -0.25) is 4.79 Å². The number of hydrogen-bond acceptors (Lipinski definition) is 3. The first kappa shape index (κ1) is 14.0. The van der Waals surface area contributed by atoms with E-state index < -0.39 is 0 Å². The van der Waals surface area contributed by atoms with Gasteiger partial charge in [0.1, 0.15) is 4.60 Å². The van der Waals surface area contributed by atoms with Gasteiger partial charge in [-0.05, 0) is 47.2 Å². The Hall–Kier alpha value is -1.62. The molecule has 22 heavy (non-hydrogen) atoms. The molecule has 3 heterocycles. The Bertz CT molecular complexity index is 778. The van der Waals surface area contributed by atoms with Crippen LogP contribution in [0.15, 0.2) is 33.7 Å². The molecule has 0 radical (unpaired) electrons. The highest BCUT2D eigenvalue weighted by Gasteiger charge is 2.25. The number of nitrogens with zero attached hydrogens (tertiary/aromatic N) is 3. The second-order valence-corrected chi connectivity index (χ2v) is 6.74. The van der Waals surface area contributed by atoms with Gasteiger partial charge < -0.3 is 9.47 Å². The molecular formula is C17H18BrN3O.